The van der Waals surface area contributed by atoms with E-state index in [9.17, 15) is 22.4 Å². The van der Waals surface area contributed by atoms with E-state index in [-0.39, 0.29) is 31.8 Å². The van der Waals surface area contributed by atoms with Crippen molar-refractivity contribution in [2.45, 2.75) is 78.4 Å². The van der Waals surface area contributed by atoms with Crippen LogP contribution in [0.4, 0.5) is 17.6 Å². The maximum atomic E-state index is 13.9. The van der Waals surface area contributed by atoms with E-state index in [1.165, 1.54) is 0 Å². The van der Waals surface area contributed by atoms with Crippen LogP contribution in [0.15, 0.2) is 0 Å². The molecular weight excluding hydrogens is 512 g/mol. The van der Waals surface area contributed by atoms with Gasteiger partial charge in [0.2, 0.25) is 11.6 Å². The van der Waals surface area contributed by atoms with E-state index in [0.717, 1.165) is 26.4 Å². The van der Waals surface area contributed by atoms with Crippen molar-refractivity contribution in [3.8, 4) is 5.75 Å². The largest absolute Gasteiger partial charge is 0.420 e. The molecular formula is C27H42F4O7. The minimum atomic E-state index is -1.91. The van der Waals surface area contributed by atoms with Gasteiger partial charge in [-0.3, -0.25) is 4.79 Å². The van der Waals surface area contributed by atoms with E-state index in [4.69, 9.17) is 23.7 Å². The Morgan fingerprint density at radius 1 is 0.658 bits per heavy atom. The first-order valence-corrected chi connectivity index (χ1v) is 12.9. The first-order valence-electron chi connectivity index (χ1n) is 12.9. The average molecular weight is 555 g/mol. The molecule has 38 heavy (non-hydrogen) atoms. The zero-order valence-corrected chi connectivity index (χ0v) is 23.4. The molecule has 0 fully saturated rings. The van der Waals surface area contributed by atoms with Gasteiger partial charge in [-0.25, -0.2) is 13.2 Å². The number of carbonyl (C=O) groups excluding carboxylic acids is 1. The SMILES string of the molecule is CCCOCCOC(C)(C)CCOC(C)(C)CCOCCOCCC(=O)Oc1c(F)c(C)c(F)c(F)c1F. The normalized spacial score (nSPS) is 12.3. The number of hydrogen-bond donors (Lipinski definition) is 0. The topological polar surface area (TPSA) is 72.5 Å². The van der Waals surface area contributed by atoms with Crippen LogP contribution in [0, 0.1) is 30.2 Å². The fourth-order valence-electron chi connectivity index (χ4n) is 3.11. The van der Waals surface area contributed by atoms with Crippen LogP contribution in [0.5, 0.6) is 5.75 Å². The second-order valence-corrected chi connectivity index (χ2v) is 9.99. The summed E-state index contributed by atoms with van der Waals surface area (Å²) in [6.45, 7) is 14.1. The van der Waals surface area contributed by atoms with Gasteiger partial charge in [0.25, 0.3) is 0 Å². The van der Waals surface area contributed by atoms with Gasteiger partial charge in [-0.15, -0.1) is 0 Å². The van der Waals surface area contributed by atoms with Crippen molar-refractivity contribution in [2.75, 3.05) is 52.9 Å². The summed E-state index contributed by atoms with van der Waals surface area (Å²) in [4.78, 5) is 11.8. The molecule has 0 bridgehead atoms. The van der Waals surface area contributed by atoms with Crippen molar-refractivity contribution >= 4 is 5.97 Å². The maximum absolute atomic E-state index is 13.9. The first-order chi connectivity index (χ1) is 17.8. The number of halogens is 4. The summed E-state index contributed by atoms with van der Waals surface area (Å²) in [5.41, 5.74) is -1.49. The Morgan fingerprint density at radius 2 is 1.18 bits per heavy atom. The standard InChI is InChI=1S/C27H42F4O7/c1-7-11-33-17-18-37-27(5,6)10-14-36-26(3,4)9-13-35-16-15-34-12-8-20(32)38-25-22(29)19(2)21(28)23(30)24(25)31/h7-18H2,1-6H3. The van der Waals surface area contributed by atoms with Gasteiger partial charge in [0.1, 0.15) is 0 Å². The number of benzene rings is 1. The smallest absolute Gasteiger partial charge is 0.313 e. The molecule has 11 heteroatoms. The zero-order valence-electron chi connectivity index (χ0n) is 23.4. The lowest BCUT2D eigenvalue weighted by Crippen LogP contribution is -2.32. The predicted octanol–water partition coefficient (Wildman–Crippen LogP) is 5.68. The van der Waals surface area contributed by atoms with Crippen LogP contribution in [-0.2, 0) is 28.5 Å². The van der Waals surface area contributed by atoms with Crippen LogP contribution in [-0.4, -0.2) is 70.0 Å². The number of hydrogen-bond acceptors (Lipinski definition) is 7. The molecule has 220 valence electrons. The second kappa shape index (κ2) is 17.0. The summed E-state index contributed by atoms with van der Waals surface area (Å²) in [5.74, 6) is -9.27. The van der Waals surface area contributed by atoms with E-state index in [1.807, 2.05) is 27.7 Å². The Bertz CT molecular complexity index is 833. The number of ether oxygens (including phenoxy) is 6. The maximum Gasteiger partial charge on any atom is 0.313 e. The van der Waals surface area contributed by atoms with Crippen LogP contribution in [0.25, 0.3) is 0 Å². The van der Waals surface area contributed by atoms with Crippen LogP contribution < -0.4 is 4.74 Å². The Labute approximate surface area is 223 Å². The van der Waals surface area contributed by atoms with Crippen LogP contribution in [0.1, 0.15) is 65.9 Å². The fourth-order valence-corrected chi connectivity index (χ4v) is 3.11. The molecule has 1 rings (SSSR count). The van der Waals surface area contributed by atoms with Gasteiger partial charge in [0.05, 0.1) is 57.3 Å². The number of carbonyl (C=O) groups is 1. The van der Waals surface area contributed by atoms with E-state index >= 15 is 0 Å². The van der Waals surface area contributed by atoms with Gasteiger partial charge >= 0.3 is 5.97 Å². The van der Waals surface area contributed by atoms with Crippen LogP contribution in [0.3, 0.4) is 0 Å². The minimum Gasteiger partial charge on any atom is -0.420 e. The van der Waals surface area contributed by atoms with Crippen molar-refractivity contribution in [3.63, 3.8) is 0 Å². The van der Waals surface area contributed by atoms with E-state index in [2.05, 4.69) is 11.7 Å². The van der Waals surface area contributed by atoms with Crippen molar-refractivity contribution in [3.05, 3.63) is 28.8 Å². The number of esters is 1. The highest BCUT2D eigenvalue weighted by Crippen LogP contribution is 2.29. The Hall–Kier alpha value is -1.79. The fraction of sp³-hybridized carbons (Fsp3) is 0.741. The summed E-state index contributed by atoms with van der Waals surface area (Å²) in [5, 5.41) is 0. The molecule has 0 amide bonds. The van der Waals surface area contributed by atoms with E-state index in [0.29, 0.717) is 32.8 Å². The van der Waals surface area contributed by atoms with Crippen molar-refractivity contribution < 1.29 is 50.8 Å². The highest BCUT2D eigenvalue weighted by Gasteiger charge is 2.26. The summed E-state index contributed by atoms with van der Waals surface area (Å²) < 4.78 is 87.0. The summed E-state index contributed by atoms with van der Waals surface area (Å²) in [6.07, 6.45) is 2.02. The van der Waals surface area contributed by atoms with Gasteiger partial charge in [-0.05, 0) is 53.9 Å². The molecule has 0 heterocycles. The molecule has 0 spiro atoms. The predicted molar refractivity (Wildman–Crippen MR) is 133 cm³/mol. The monoisotopic (exact) mass is 554 g/mol. The minimum absolute atomic E-state index is 0.106. The highest BCUT2D eigenvalue weighted by molar-refractivity contribution is 5.72. The van der Waals surface area contributed by atoms with Gasteiger partial charge in [0, 0.05) is 18.8 Å². The molecule has 0 N–H and O–H groups in total. The highest BCUT2D eigenvalue weighted by atomic mass is 19.2. The molecule has 0 aromatic heterocycles. The molecule has 0 radical (unpaired) electrons. The molecule has 0 aliphatic carbocycles. The summed E-state index contributed by atoms with van der Waals surface area (Å²) >= 11 is 0. The third kappa shape index (κ3) is 12.8. The van der Waals surface area contributed by atoms with Crippen molar-refractivity contribution in [2.24, 2.45) is 0 Å². The lowest BCUT2D eigenvalue weighted by atomic mass is 10.0. The molecule has 7 nitrogen and oxygen atoms in total. The van der Waals surface area contributed by atoms with Crippen LogP contribution >= 0.6 is 0 Å². The lowest BCUT2D eigenvalue weighted by Gasteiger charge is -2.29. The van der Waals surface area contributed by atoms with E-state index in [1.54, 1.807) is 0 Å². The van der Waals surface area contributed by atoms with E-state index < -0.39 is 46.2 Å². The summed E-state index contributed by atoms with van der Waals surface area (Å²) in [6, 6.07) is 0. The van der Waals surface area contributed by atoms with Crippen LogP contribution in [0.2, 0.25) is 0 Å². The molecule has 0 aliphatic rings. The molecule has 1 aromatic carbocycles. The van der Waals surface area contributed by atoms with Gasteiger partial charge in [0.15, 0.2) is 17.5 Å². The molecule has 0 saturated heterocycles. The molecule has 0 saturated carbocycles. The first kappa shape index (κ1) is 34.2. The second-order valence-electron chi connectivity index (χ2n) is 9.99. The zero-order chi connectivity index (χ0) is 28.8. The average Bonchev–Trinajstić information content (AvgIpc) is 2.85. The van der Waals surface area contributed by atoms with Gasteiger partial charge in [-0.1, -0.05) is 6.92 Å². The quantitative estimate of drug-likeness (QED) is 0.0513. The molecule has 0 atom stereocenters. The molecule has 0 unspecified atom stereocenters. The lowest BCUT2D eigenvalue weighted by molar-refractivity contribution is -0.136. The Kier molecular flexibility index (Phi) is 15.3. The number of rotatable bonds is 20. The summed E-state index contributed by atoms with van der Waals surface area (Å²) in [7, 11) is 0. The Morgan fingerprint density at radius 3 is 1.82 bits per heavy atom. The van der Waals surface area contributed by atoms with Gasteiger partial charge in [-0.2, -0.15) is 4.39 Å². The van der Waals surface area contributed by atoms with Gasteiger partial charge < -0.3 is 28.4 Å². The van der Waals surface area contributed by atoms with Crippen molar-refractivity contribution in [1.82, 2.24) is 0 Å². The third-order valence-electron chi connectivity index (χ3n) is 5.60. The molecule has 0 aliphatic heterocycles. The third-order valence-corrected chi connectivity index (χ3v) is 5.60. The van der Waals surface area contributed by atoms with Crippen molar-refractivity contribution in [1.29, 1.82) is 0 Å². The Balaban J connectivity index is 2.17. The molecule has 1 aromatic rings.